The topological polar surface area (TPSA) is 17.1 Å². The number of thioether (sulfide) groups is 1. The molecule has 1 rings (SSSR count). The number of carbonyl (C=O) groups excluding carboxylic acids is 1. The van der Waals surface area contributed by atoms with Crippen molar-refractivity contribution in [2.45, 2.75) is 51.7 Å². The highest BCUT2D eigenvalue weighted by atomic mass is 32.2. The molecule has 0 aliphatic carbocycles. The fraction of sp³-hybridized carbons (Fsp3) is 0.500. The molecule has 20 heavy (non-hydrogen) atoms. The lowest BCUT2D eigenvalue weighted by Crippen LogP contribution is -2.23. The third kappa shape index (κ3) is 5.54. The first-order chi connectivity index (χ1) is 9.10. The molecule has 1 aromatic carbocycles. The third-order valence-electron chi connectivity index (χ3n) is 3.02. The molecule has 0 bridgehead atoms. The van der Waals surface area contributed by atoms with Gasteiger partial charge in [-0.05, 0) is 23.6 Å². The average molecular weight is 290 g/mol. The van der Waals surface area contributed by atoms with Gasteiger partial charge in [-0.1, -0.05) is 65.8 Å². The Morgan fingerprint density at radius 2 is 1.60 bits per heavy atom. The summed E-state index contributed by atoms with van der Waals surface area (Å²) in [6.45, 7) is 12.5. The van der Waals surface area contributed by atoms with Gasteiger partial charge in [0.25, 0.3) is 0 Å². The van der Waals surface area contributed by atoms with E-state index in [1.54, 1.807) is 6.08 Å². The first-order valence-electron chi connectivity index (χ1n) is 7.05. The van der Waals surface area contributed by atoms with Gasteiger partial charge in [-0.2, -0.15) is 0 Å². The van der Waals surface area contributed by atoms with Gasteiger partial charge in [-0.25, -0.2) is 0 Å². The Kier molecular flexibility index (Phi) is 5.64. The van der Waals surface area contributed by atoms with Crippen LogP contribution in [0.25, 0.3) is 0 Å². The molecule has 1 unspecified atom stereocenters. The summed E-state index contributed by atoms with van der Waals surface area (Å²) < 4.78 is 0. The molecule has 0 aliphatic heterocycles. The van der Waals surface area contributed by atoms with Crippen molar-refractivity contribution in [3.8, 4) is 0 Å². The molecule has 0 radical (unpaired) electrons. The molecule has 0 spiro atoms. The Balaban J connectivity index is 2.87. The van der Waals surface area contributed by atoms with Crippen LogP contribution in [-0.4, -0.2) is 11.0 Å². The van der Waals surface area contributed by atoms with Gasteiger partial charge in [-0.3, -0.25) is 4.79 Å². The molecule has 0 N–H and O–H groups in total. The van der Waals surface area contributed by atoms with Crippen molar-refractivity contribution < 1.29 is 4.79 Å². The van der Waals surface area contributed by atoms with Crippen molar-refractivity contribution in [1.29, 1.82) is 0 Å². The number of carbonyl (C=O) groups is 1. The van der Waals surface area contributed by atoms with Gasteiger partial charge in [0, 0.05) is 15.6 Å². The summed E-state index contributed by atoms with van der Waals surface area (Å²) in [5.74, 6) is 0.181. The zero-order valence-electron chi connectivity index (χ0n) is 13.4. The quantitative estimate of drug-likeness (QED) is 0.548. The molecular weight excluding hydrogens is 264 g/mol. The van der Waals surface area contributed by atoms with Gasteiger partial charge in [0.05, 0.1) is 0 Å². The minimum atomic E-state index is -0.309. The van der Waals surface area contributed by atoms with E-state index in [1.165, 1.54) is 4.90 Å². The number of allylic oxidation sites excluding steroid dienone is 1. The molecule has 0 saturated heterocycles. The lowest BCUT2D eigenvalue weighted by Gasteiger charge is -2.28. The zero-order chi connectivity index (χ0) is 15.4. The van der Waals surface area contributed by atoms with Crippen LogP contribution in [0.15, 0.2) is 47.4 Å². The van der Waals surface area contributed by atoms with Crippen molar-refractivity contribution in [3.63, 3.8) is 0 Å². The standard InChI is InChI=1S/C18H26OS/c1-17(2,3)15(19)12-13-16(18(4,5)6)20-14-10-8-7-9-11-14/h7-13,16H,1-6H3/b13-12+. The minimum absolute atomic E-state index is 0.106. The molecule has 0 aliphatic rings. The Labute approximate surface area is 127 Å². The van der Waals surface area contributed by atoms with Crippen LogP contribution in [0.5, 0.6) is 0 Å². The molecule has 0 aromatic heterocycles. The van der Waals surface area contributed by atoms with Crippen molar-refractivity contribution >= 4 is 17.5 Å². The van der Waals surface area contributed by atoms with Crippen molar-refractivity contribution in [3.05, 3.63) is 42.5 Å². The average Bonchev–Trinajstić information content (AvgIpc) is 2.32. The van der Waals surface area contributed by atoms with Crippen LogP contribution in [0.3, 0.4) is 0 Å². The lowest BCUT2D eigenvalue weighted by atomic mass is 9.88. The van der Waals surface area contributed by atoms with Gasteiger partial charge < -0.3 is 0 Å². The van der Waals surface area contributed by atoms with Crippen LogP contribution < -0.4 is 0 Å². The number of rotatable bonds is 4. The van der Waals surface area contributed by atoms with E-state index in [4.69, 9.17) is 0 Å². The first kappa shape index (κ1) is 17.0. The molecule has 0 fully saturated rings. The second-order valence-electron chi connectivity index (χ2n) is 7.19. The molecule has 1 atom stereocenters. The molecular formula is C18H26OS. The van der Waals surface area contributed by atoms with Crippen LogP contribution in [0.2, 0.25) is 0 Å². The molecule has 0 amide bonds. The summed E-state index contributed by atoms with van der Waals surface area (Å²) >= 11 is 1.81. The van der Waals surface area contributed by atoms with E-state index in [0.717, 1.165) is 0 Å². The second kappa shape index (κ2) is 6.62. The van der Waals surface area contributed by atoms with Crippen molar-refractivity contribution in [2.24, 2.45) is 10.8 Å². The smallest absolute Gasteiger partial charge is 0.160 e. The number of benzene rings is 1. The number of hydrogen-bond donors (Lipinski definition) is 0. The number of hydrogen-bond acceptors (Lipinski definition) is 2. The fourth-order valence-corrected chi connectivity index (χ4v) is 2.69. The van der Waals surface area contributed by atoms with Gasteiger partial charge in [-0.15, -0.1) is 11.8 Å². The zero-order valence-corrected chi connectivity index (χ0v) is 14.3. The Hall–Kier alpha value is -1.02. The summed E-state index contributed by atoms with van der Waals surface area (Å²) in [4.78, 5) is 13.3. The SMILES string of the molecule is CC(C)(C)C(=O)/C=C/C(Sc1ccccc1)C(C)(C)C. The summed E-state index contributed by atoms with van der Waals surface area (Å²) in [5, 5.41) is 0.274. The van der Waals surface area contributed by atoms with E-state index in [-0.39, 0.29) is 21.9 Å². The maximum absolute atomic E-state index is 12.1. The van der Waals surface area contributed by atoms with Crippen LogP contribution in [-0.2, 0) is 4.79 Å². The largest absolute Gasteiger partial charge is 0.294 e. The van der Waals surface area contributed by atoms with E-state index in [9.17, 15) is 4.79 Å². The second-order valence-corrected chi connectivity index (χ2v) is 8.41. The molecule has 0 heterocycles. The molecule has 0 saturated carbocycles. The van der Waals surface area contributed by atoms with Gasteiger partial charge in [0.15, 0.2) is 5.78 Å². The fourth-order valence-electron chi connectivity index (χ4n) is 1.58. The predicted molar refractivity (Wildman–Crippen MR) is 89.1 cm³/mol. The summed E-state index contributed by atoms with van der Waals surface area (Å²) in [7, 11) is 0. The Morgan fingerprint density at radius 1 is 1.05 bits per heavy atom. The monoisotopic (exact) mass is 290 g/mol. The summed E-state index contributed by atoms with van der Waals surface area (Å²) in [6, 6.07) is 10.3. The van der Waals surface area contributed by atoms with Crippen LogP contribution in [0.1, 0.15) is 41.5 Å². The predicted octanol–water partition coefficient (Wildman–Crippen LogP) is 5.36. The van der Waals surface area contributed by atoms with Gasteiger partial charge >= 0.3 is 0 Å². The van der Waals surface area contributed by atoms with E-state index in [2.05, 4.69) is 39.0 Å². The lowest BCUT2D eigenvalue weighted by molar-refractivity contribution is -0.121. The van der Waals surface area contributed by atoms with Gasteiger partial charge in [0.1, 0.15) is 0 Å². The number of ketones is 1. The van der Waals surface area contributed by atoms with Crippen LogP contribution in [0, 0.1) is 10.8 Å². The highest BCUT2D eigenvalue weighted by Gasteiger charge is 2.25. The Bertz CT molecular complexity index is 460. The Morgan fingerprint density at radius 3 is 2.05 bits per heavy atom. The molecule has 1 nitrogen and oxygen atoms in total. The van der Waals surface area contributed by atoms with E-state index >= 15 is 0 Å². The van der Waals surface area contributed by atoms with Crippen molar-refractivity contribution in [2.75, 3.05) is 0 Å². The van der Waals surface area contributed by atoms with Crippen molar-refractivity contribution in [1.82, 2.24) is 0 Å². The van der Waals surface area contributed by atoms with Gasteiger partial charge in [0.2, 0.25) is 0 Å². The molecule has 1 aromatic rings. The normalized spacial score (nSPS) is 14.5. The molecule has 110 valence electrons. The minimum Gasteiger partial charge on any atom is -0.294 e. The van der Waals surface area contributed by atoms with E-state index in [1.807, 2.05) is 50.7 Å². The first-order valence-corrected chi connectivity index (χ1v) is 7.93. The summed E-state index contributed by atoms with van der Waals surface area (Å²) in [5.41, 5.74) is -0.203. The molecule has 2 heteroatoms. The highest BCUT2D eigenvalue weighted by molar-refractivity contribution is 8.00. The maximum Gasteiger partial charge on any atom is 0.160 e. The van der Waals surface area contributed by atoms with Crippen LogP contribution in [0.4, 0.5) is 0 Å². The maximum atomic E-state index is 12.1. The van der Waals surface area contributed by atoms with Crippen LogP contribution >= 0.6 is 11.8 Å². The van der Waals surface area contributed by atoms with E-state index < -0.39 is 0 Å². The van der Waals surface area contributed by atoms with E-state index in [0.29, 0.717) is 0 Å². The summed E-state index contributed by atoms with van der Waals surface area (Å²) in [6.07, 6.45) is 3.82. The highest BCUT2D eigenvalue weighted by Crippen LogP contribution is 2.36. The third-order valence-corrected chi connectivity index (χ3v) is 4.68.